The van der Waals surface area contributed by atoms with Gasteiger partial charge in [-0.1, -0.05) is 54.6 Å². The maximum Gasteiger partial charge on any atom is 0.323 e. The Morgan fingerprint density at radius 2 is 1.52 bits per heavy atom. The van der Waals surface area contributed by atoms with Crippen molar-refractivity contribution >= 4 is 11.0 Å². The first-order valence-electron chi connectivity index (χ1n) is 7.60. The summed E-state index contributed by atoms with van der Waals surface area (Å²) >= 11 is 0. The van der Waals surface area contributed by atoms with Crippen LogP contribution in [0.5, 0.6) is 0 Å². The zero-order chi connectivity index (χ0) is 15.8. The Hall–Kier alpha value is -3.07. The van der Waals surface area contributed by atoms with E-state index in [1.807, 2.05) is 30.3 Å². The third-order valence-corrected chi connectivity index (χ3v) is 4.16. The van der Waals surface area contributed by atoms with E-state index in [9.17, 15) is 4.79 Å². The van der Waals surface area contributed by atoms with Crippen molar-refractivity contribution in [2.75, 3.05) is 0 Å². The van der Waals surface area contributed by atoms with Crippen LogP contribution in [0.3, 0.4) is 0 Å². The lowest BCUT2D eigenvalue weighted by molar-refractivity contribution is 1.22. The van der Waals surface area contributed by atoms with Crippen LogP contribution in [0, 0.1) is 6.92 Å². The fourth-order valence-electron chi connectivity index (χ4n) is 3.10. The molecule has 1 heterocycles. The molecule has 0 aliphatic heterocycles. The number of aromatic amines is 2. The second kappa shape index (κ2) is 5.29. The molecule has 3 aromatic carbocycles. The van der Waals surface area contributed by atoms with E-state index in [-0.39, 0.29) is 5.69 Å². The molecule has 0 saturated heterocycles. The zero-order valence-corrected chi connectivity index (χ0v) is 12.8. The largest absolute Gasteiger partial charge is 0.323 e. The number of imidazole rings is 1. The SMILES string of the molecule is Cc1cccc(-c2ccccc2)c1-c1ccc2[nH]c(=O)[nH]c2c1. The summed E-state index contributed by atoms with van der Waals surface area (Å²) < 4.78 is 0. The third-order valence-electron chi connectivity index (χ3n) is 4.16. The minimum absolute atomic E-state index is 0.176. The van der Waals surface area contributed by atoms with Gasteiger partial charge < -0.3 is 9.97 Å². The second-order valence-electron chi connectivity index (χ2n) is 5.70. The van der Waals surface area contributed by atoms with E-state index in [1.165, 1.54) is 22.3 Å². The number of nitrogens with one attached hydrogen (secondary N) is 2. The molecule has 0 fully saturated rings. The van der Waals surface area contributed by atoms with E-state index in [1.54, 1.807) is 0 Å². The van der Waals surface area contributed by atoms with Crippen molar-refractivity contribution in [1.82, 2.24) is 9.97 Å². The van der Waals surface area contributed by atoms with Crippen molar-refractivity contribution in [2.24, 2.45) is 0 Å². The number of aryl methyl sites for hydroxylation is 1. The Bertz CT molecular complexity index is 1040. The van der Waals surface area contributed by atoms with Crippen molar-refractivity contribution in [3.8, 4) is 22.3 Å². The predicted octanol–water partition coefficient (Wildman–Crippen LogP) is 4.50. The maximum absolute atomic E-state index is 11.5. The maximum atomic E-state index is 11.5. The van der Waals surface area contributed by atoms with Crippen LogP contribution in [0.1, 0.15) is 5.56 Å². The number of benzene rings is 3. The highest BCUT2D eigenvalue weighted by molar-refractivity contribution is 5.89. The first-order valence-corrected chi connectivity index (χ1v) is 7.60. The molecular formula is C20H16N2O. The summed E-state index contributed by atoms with van der Waals surface area (Å²) in [5, 5.41) is 0. The summed E-state index contributed by atoms with van der Waals surface area (Å²) in [5.74, 6) is 0. The molecular weight excluding hydrogens is 284 g/mol. The highest BCUT2D eigenvalue weighted by atomic mass is 16.1. The Morgan fingerprint density at radius 1 is 0.739 bits per heavy atom. The summed E-state index contributed by atoms with van der Waals surface area (Å²) in [6.45, 7) is 2.12. The standard InChI is InChI=1S/C20H16N2O/c1-13-6-5-9-16(14-7-3-2-4-8-14)19(13)15-10-11-17-18(12-15)22-20(23)21-17/h2-12H,1H3,(H2,21,22,23). The smallest absolute Gasteiger partial charge is 0.306 e. The molecule has 0 amide bonds. The van der Waals surface area contributed by atoms with Crippen molar-refractivity contribution in [2.45, 2.75) is 6.92 Å². The van der Waals surface area contributed by atoms with Gasteiger partial charge >= 0.3 is 5.69 Å². The number of H-pyrrole nitrogens is 2. The Balaban J connectivity index is 1.98. The first-order chi connectivity index (χ1) is 11.2. The molecule has 0 spiro atoms. The Kier molecular flexibility index (Phi) is 3.12. The van der Waals surface area contributed by atoms with Crippen LogP contribution in [0.2, 0.25) is 0 Å². The lowest BCUT2D eigenvalue weighted by atomic mass is 9.91. The summed E-state index contributed by atoms with van der Waals surface area (Å²) in [6.07, 6.45) is 0. The molecule has 112 valence electrons. The van der Waals surface area contributed by atoms with Crippen molar-refractivity contribution < 1.29 is 0 Å². The lowest BCUT2D eigenvalue weighted by Crippen LogP contribution is -1.99. The van der Waals surface area contributed by atoms with Crippen LogP contribution in [-0.2, 0) is 0 Å². The molecule has 0 saturated carbocycles. The molecule has 4 rings (SSSR count). The summed E-state index contributed by atoms with van der Waals surface area (Å²) in [4.78, 5) is 17.1. The van der Waals surface area contributed by atoms with Gasteiger partial charge in [-0.3, -0.25) is 0 Å². The number of hydrogen-bond acceptors (Lipinski definition) is 1. The van der Waals surface area contributed by atoms with Gasteiger partial charge in [0.05, 0.1) is 11.0 Å². The van der Waals surface area contributed by atoms with Gasteiger partial charge in [0.15, 0.2) is 0 Å². The average Bonchev–Trinajstić information content (AvgIpc) is 2.94. The van der Waals surface area contributed by atoms with Gasteiger partial charge in [-0.05, 0) is 46.9 Å². The number of fused-ring (bicyclic) bond motifs is 1. The number of rotatable bonds is 2. The van der Waals surface area contributed by atoms with E-state index in [4.69, 9.17) is 0 Å². The number of hydrogen-bond donors (Lipinski definition) is 2. The molecule has 23 heavy (non-hydrogen) atoms. The van der Waals surface area contributed by atoms with Gasteiger partial charge in [-0.2, -0.15) is 0 Å². The van der Waals surface area contributed by atoms with E-state index in [0.717, 1.165) is 16.6 Å². The van der Waals surface area contributed by atoms with Gasteiger partial charge in [0.25, 0.3) is 0 Å². The molecule has 1 aromatic heterocycles. The summed E-state index contributed by atoms with van der Waals surface area (Å²) in [7, 11) is 0. The quantitative estimate of drug-likeness (QED) is 0.562. The molecule has 0 aliphatic rings. The highest BCUT2D eigenvalue weighted by Gasteiger charge is 2.11. The van der Waals surface area contributed by atoms with Crippen LogP contribution in [0.15, 0.2) is 71.5 Å². The lowest BCUT2D eigenvalue weighted by Gasteiger charge is -2.13. The molecule has 0 aliphatic carbocycles. The van der Waals surface area contributed by atoms with Crippen LogP contribution < -0.4 is 5.69 Å². The Morgan fingerprint density at radius 3 is 2.35 bits per heavy atom. The first kappa shape index (κ1) is 13.6. The topological polar surface area (TPSA) is 48.6 Å². The zero-order valence-electron chi connectivity index (χ0n) is 12.8. The normalized spacial score (nSPS) is 11.0. The van der Waals surface area contributed by atoms with Crippen LogP contribution in [0.4, 0.5) is 0 Å². The molecule has 2 N–H and O–H groups in total. The molecule has 0 radical (unpaired) electrons. The minimum Gasteiger partial charge on any atom is -0.306 e. The van der Waals surface area contributed by atoms with Gasteiger partial charge in [0.2, 0.25) is 0 Å². The molecule has 0 unspecified atom stereocenters. The molecule has 3 heteroatoms. The van der Waals surface area contributed by atoms with E-state index in [2.05, 4.69) is 53.3 Å². The average molecular weight is 300 g/mol. The highest BCUT2D eigenvalue weighted by Crippen LogP contribution is 2.35. The van der Waals surface area contributed by atoms with Crippen LogP contribution in [-0.4, -0.2) is 9.97 Å². The van der Waals surface area contributed by atoms with Crippen LogP contribution in [0.25, 0.3) is 33.3 Å². The molecule has 0 bridgehead atoms. The van der Waals surface area contributed by atoms with Crippen molar-refractivity contribution in [1.29, 1.82) is 0 Å². The minimum atomic E-state index is -0.176. The van der Waals surface area contributed by atoms with E-state index in [0.29, 0.717) is 0 Å². The molecule has 3 nitrogen and oxygen atoms in total. The van der Waals surface area contributed by atoms with Gasteiger partial charge in [0, 0.05) is 0 Å². The second-order valence-corrected chi connectivity index (χ2v) is 5.70. The van der Waals surface area contributed by atoms with Crippen LogP contribution >= 0.6 is 0 Å². The predicted molar refractivity (Wildman–Crippen MR) is 94.5 cm³/mol. The Labute approximate surface area is 133 Å². The number of aromatic nitrogens is 2. The summed E-state index contributed by atoms with van der Waals surface area (Å²) in [5.41, 5.74) is 7.38. The molecule has 0 atom stereocenters. The van der Waals surface area contributed by atoms with E-state index < -0.39 is 0 Å². The van der Waals surface area contributed by atoms with Gasteiger partial charge in [0.1, 0.15) is 0 Å². The third kappa shape index (κ3) is 2.36. The monoisotopic (exact) mass is 300 g/mol. The van der Waals surface area contributed by atoms with Crippen molar-refractivity contribution in [3.63, 3.8) is 0 Å². The van der Waals surface area contributed by atoms with Gasteiger partial charge in [-0.15, -0.1) is 0 Å². The van der Waals surface area contributed by atoms with Crippen molar-refractivity contribution in [3.05, 3.63) is 82.8 Å². The van der Waals surface area contributed by atoms with Gasteiger partial charge in [-0.25, -0.2) is 4.79 Å². The van der Waals surface area contributed by atoms with E-state index >= 15 is 0 Å². The fraction of sp³-hybridized carbons (Fsp3) is 0.0500. The summed E-state index contributed by atoms with van der Waals surface area (Å²) in [6, 6.07) is 22.7. The fourth-order valence-corrected chi connectivity index (χ4v) is 3.10. The molecule has 4 aromatic rings.